The minimum Gasteiger partial charge on any atom is -0.493 e. The van der Waals surface area contributed by atoms with Crippen molar-refractivity contribution in [3.63, 3.8) is 0 Å². The van der Waals surface area contributed by atoms with Crippen LogP contribution in [0.25, 0.3) is 0 Å². The summed E-state index contributed by atoms with van der Waals surface area (Å²) in [5, 5.41) is 3.02. The van der Waals surface area contributed by atoms with Gasteiger partial charge in [0, 0.05) is 32.6 Å². The van der Waals surface area contributed by atoms with Crippen molar-refractivity contribution in [3.05, 3.63) is 58.7 Å². The standard InChI is InChI=1S/C22H28N2O3/c1-16-5-4-6-17(11-16)14-23-22(25)8-10-24-9-7-18-12-20(26-2)21(27-3)13-19(18)15-24/h4-6,11-13H,7-10,14-15H2,1-3H3,(H,23,25). The van der Waals surface area contributed by atoms with Gasteiger partial charge >= 0.3 is 0 Å². The fourth-order valence-electron chi connectivity index (χ4n) is 3.50. The number of nitrogens with one attached hydrogen (secondary N) is 1. The van der Waals surface area contributed by atoms with Crippen LogP contribution in [0.1, 0.15) is 28.7 Å². The molecule has 0 saturated carbocycles. The molecule has 3 rings (SSSR count). The first-order valence-corrected chi connectivity index (χ1v) is 9.37. The maximum absolute atomic E-state index is 12.2. The SMILES string of the molecule is COc1cc2c(cc1OC)CN(CCC(=O)NCc1cccc(C)c1)CC2. The molecule has 1 aliphatic rings. The Bertz CT molecular complexity index is 804. The summed E-state index contributed by atoms with van der Waals surface area (Å²) in [4.78, 5) is 14.5. The number of carbonyl (C=O) groups is 1. The van der Waals surface area contributed by atoms with Crippen molar-refractivity contribution in [1.29, 1.82) is 0 Å². The van der Waals surface area contributed by atoms with Gasteiger partial charge in [-0.3, -0.25) is 9.69 Å². The zero-order valence-corrected chi connectivity index (χ0v) is 16.4. The Morgan fingerprint density at radius 3 is 2.56 bits per heavy atom. The van der Waals surface area contributed by atoms with Crippen LogP contribution in [0.3, 0.4) is 0 Å². The molecule has 0 fully saturated rings. The Kier molecular flexibility index (Phi) is 6.35. The van der Waals surface area contributed by atoms with Crippen LogP contribution >= 0.6 is 0 Å². The molecule has 144 valence electrons. The van der Waals surface area contributed by atoms with Crippen LogP contribution in [0.4, 0.5) is 0 Å². The predicted octanol–water partition coefficient (Wildman–Crippen LogP) is 3.08. The van der Waals surface area contributed by atoms with Gasteiger partial charge in [-0.25, -0.2) is 0 Å². The van der Waals surface area contributed by atoms with Crippen LogP contribution in [0.15, 0.2) is 36.4 Å². The van der Waals surface area contributed by atoms with E-state index >= 15 is 0 Å². The minimum atomic E-state index is 0.0922. The molecule has 2 aromatic rings. The fourth-order valence-corrected chi connectivity index (χ4v) is 3.50. The van der Waals surface area contributed by atoms with Crippen LogP contribution in [0.2, 0.25) is 0 Å². The lowest BCUT2D eigenvalue weighted by atomic mass is 9.98. The van der Waals surface area contributed by atoms with Gasteiger partial charge in [-0.1, -0.05) is 29.8 Å². The van der Waals surface area contributed by atoms with E-state index in [1.807, 2.05) is 12.1 Å². The Balaban J connectivity index is 1.50. The molecule has 1 aliphatic heterocycles. The minimum absolute atomic E-state index is 0.0922. The first kappa shape index (κ1) is 19.2. The third kappa shape index (κ3) is 5.01. The molecule has 1 amide bonds. The summed E-state index contributed by atoms with van der Waals surface area (Å²) in [6.45, 7) is 5.19. The average Bonchev–Trinajstić information content (AvgIpc) is 2.69. The second-order valence-electron chi connectivity index (χ2n) is 7.02. The molecule has 0 unspecified atom stereocenters. The van der Waals surface area contributed by atoms with E-state index in [0.717, 1.165) is 43.1 Å². The van der Waals surface area contributed by atoms with Crippen LogP contribution in [0.5, 0.6) is 11.5 Å². The monoisotopic (exact) mass is 368 g/mol. The maximum atomic E-state index is 12.2. The normalized spacial score (nSPS) is 13.7. The topological polar surface area (TPSA) is 50.8 Å². The summed E-state index contributed by atoms with van der Waals surface area (Å²) in [6, 6.07) is 12.3. The number of benzene rings is 2. The van der Waals surface area contributed by atoms with E-state index in [1.165, 1.54) is 16.7 Å². The third-order valence-electron chi connectivity index (χ3n) is 5.02. The highest BCUT2D eigenvalue weighted by Gasteiger charge is 2.19. The molecule has 0 radical (unpaired) electrons. The number of ether oxygens (including phenoxy) is 2. The molecule has 0 aromatic heterocycles. The lowest BCUT2D eigenvalue weighted by Gasteiger charge is -2.29. The first-order chi connectivity index (χ1) is 13.1. The first-order valence-electron chi connectivity index (χ1n) is 9.37. The molecular weight excluding hydrogens is 340 g/mol. The maximum Gasteiger partial charge on any atom is 0.221 e. The van der Waals surface area contributed by atoms with E-state index in [2.05, 4.69) is 41.4 Å². The summed E-state index contributed by atoms with van der Waals surface area (Å²) in [7, 11) is 3.32. The van der Waals surface area contributed by atoms with Gasteiger partial charge in [0.25, 0.3) is 0 Å². The van der Waals surface area contributed by atoms with Crippen LogP contribution < -0.4 is 14.8 Å². The largest absolute Gasteiger partial charge is 0.493 e. The van der Waals surface area contributed by atoms with Gasteiger partial charge < -0.3 is 14.8 Å². The number of hydrogen-bond donors (Lipinski definition) is 1. The Labute approximate surface area is 161 Å². The van der Waals surface area contributed by atoms with E-state index in [9.17, 15) is 4.79 Å². The quantitative estimate of drug-likeness (QED) is 0.816. The van der Waals surface area contributed by atoms with Gasteiger partial charge in [-0.05, 0) is 42.2 Å². The van der Waals surface area contributed by atoms with Gasteiger partial charge in [0.15, 0.2) is 11.5 Å². The van der Waals surface area contributed by atoms with Crippen molar-refractivity contribution in [2.75, 3.05) is 27.3 Å². The summed E-state index contributed by atoms with van der Waals surface area (Å²) in [5.41, 5.74) is 4.89. The van der Waals surface area contributed by atoms with Gasteiger partial charge in [0.1, 0.15) is 0 Å². The molecule has 5 nitrogen and oxygen atoms in total. The van der Waals surface area contributed by atoms with Crippen molar-refractivity contribution < 1.29 is 14.3 Å². The third-order valence-corrected chi connectivity index (χ3v) is 5.02. The molecule has 0 saturated heterocycles. The van der Waals surface area contributed by atoms with E-state index < -0.39 is 0 Å². The van der Waals surface area contributed by atoms with Crippen molar-refractivity contribution in [1.82, 2.24) is 10.2 Å². The van der Waals surface area contributed by atoms with Gasteiger partial charge in [0.2, 0.25) is 5.91 Å². The van der Waals surface area contributed by atoms with Crippen molar-refractivity contribution in [3.8, 4) is 11.5 Å². The van der Waals surface area contributed by atoms with E-state index in [0.29, 0.717) is 13.0 Å². The average molecular weight is 368 g/mol. The van der Waals surface area contributed by atoms with E-state index in [4.69, 9.17) is 9.47 Å². The van der Waals surface area contributed by atoms with Crippen LogP contribution in [0, 0.1) is 6.92 Å². The van der Waals surface area contributed by atoms with Gasteiger partial charge in [0.05, 0.1) is 14.2 Å². The highest BCUT2D eigenvalue weighted by Crippen LogP contribution is 2.33. The summed E-state index contributed by atoms with van der Waals surface area (Å²) in [5.74, 6) is 1.63. The lowest BCUT2D eigenvalue weighted by molar-refractivity contribution is -0.121. The number of nitrogens with zero attached hydrogens (tertiary/aromatic N) is 1. The zero-order valence-electron chi connectivity index (χ0n) is 16.4. The number of aryl methyl sites for hydroxylation is 1. The highest BCUT2D eigenvalue weighted by molar-refractivity contribution is 5.76. The Morgan fingerprint density at radius 1 is 1.11 bits per heavy atom. The second-order valence-corrected chi connectivity index (χ2v) is 7.02. The Morgan fingerprint density at radius 2 is 1.85 bits per heavy atom. The Hall–Kier alpha value is -2.53. The number of hydrogen-bond acceptors (Lipinski definition) is 4. The number of fused-ring (bicyclic) bond motifs is 1. The van der Waals surface area contributed by atoms with Crippen molar-refractivity contribution >= 4 is 5.91 Å². The molecule has 0 atom stereocenters. The van der Waals surface area contributed by atoms with E-state index in [1.54, 1.807) is 14.2 Å². The molecule has 27 heavy (non-hydrogen) atoms. The number of methoxy groups -OCH3 is 2. The van der Waals surface area contributed by atoms with Crippen LogP contribution in [-0.4, -0.2) is 38.1 Å². The molecular formula is C22H28N2O3. The zero-order chi connectivity index (χ0) is 19.2. The summed E-state index contributed by atoms with van der Waals surface area (Å²) in [6.07, 6.45) is 1.47. The fraction of sp³-hybridized carbons (Fsp3) is 0.409. The molecule has 5 heteroatoms. The molecule has 0 aliphatic carbocycles. The molecule has 0 bridgehead atoms. The molecule has 0 spiro atoms. The summed E-state index contributed by atoms with van der Waals surface area (Å²) >= 11 is 0. The second kappa shape index (κ2) is 8.91. The van der Waals surface area contributed by atoms with Gasteiger partial charge in [-0.15, -0.1) is 0 Å². The predicted molar refractivity (Wildman–Crippen MR) is 106 cm³/mol. The number of carbonyl (C=O) groups excluding carboxylic acids is 1. The van der Waals surface area contributed by atoms with Crippen LogP contribution in [-0.2, 0) is 24.3 Å². The van der Waals surface area contributed by atoms with E-state index in [-0.39, 0.29) is 5.91 Å². The lowest BCUT2D eigenvalue weighted by Crippen LogP contribution is -2.34. The molecule has 1 N–H and O–H groups in total. The van der Waals surface area contributed by atoms with Gasteiger partial charge in [-0.2, -0.15) is 0 Å². The van der Waals surface area contributed by atoms with Crippen molar-refractivity contribution in [2.45, 2.75) is 32.9 Å². The molecule has 2 aromatic carbocycles. The number of rotatable bonds is 7. The van der Waals surface area contributed by atoms with Crippen molar-refractivity contribution in [2.24, 2.45) is 0 Å². The molecule has 1 heterocycles. The smallest absolute Gasteiger partial charge is 0.221 e. The highest BCUT2D eigenvalue weighted by atomic mass is 16.5. The summed E-state index contributed by atoms with van der Waals surface area (Å²) < 4.78 is 10.8. The number of amides is 1.